The summed E-state index contributed by atoms with van der Waals surface area (Å²) in [5.41, 5.74) is 2.81. The minimum atomic E-state index is -0.616. The summed E-state index contributed by atoms with van der Waals surface area (Å²) in [6.45, 7) is 5.74. The van der Waals surface area contributed by atoms with Crippen LogP contribution in [0.4, 0.5) is 17.2 Å². The van der Waals surface area contributed by atoms with Crippen LogP contribution in [0, 0.1) is 11.3 Å². The van der Waals surface area contributed by atoms with Crippen molar-refractivity contribution in [2.45, 2.75) is 32.7 Å². The maximum atomic E-state index is 12.2. The molecule has 2 heterocycles. The molecule has 1 aromatic heterocycles. The van der Waals surface area contributed by atoms with E-state index in [1.807, 2.05) is 44.2 Å². The number of hydrogen-bond acceptors (Lipinski definition) is 4. The van der Waals surface area contributed by atoms with Crippen molar-refractivity contribution in [2.75, 3.05) is 10.2 Å². The summed E-state index contributed by atoms with van der Waals surface area (Å²) in [7, 11) is 0. The predicted molar refractivity (Wildman–Crippen MR) is 89.5 cm³/mol. The highest BCUT2D eigenvalue weighted by atomic mass is 16.2. The summed E-state index contributed by atoms with van der Waals surface area (Å²) in [6, 6.07) is 11.9. The van der Waals surface area contributed by atoms with E-state index in [1.54, 1.807) is 18.0 Å². The van der Waals surface area contributed by atoms with Gasteiger partial charge in [0.1, 0.15) is 5.82 Å². The molecule has 0 saturated carbocycles. The number of nitrogens with zero attached hydrogens (tertiary/aromatic N) is 3. The molecule has 0 saturated heterocycles. The molecule has 1 aliphatic heterocycles. The minimum absolute atomic E-state index is 0.0448. The van der Waals surface area contributed by atoms with Gasteiger partial charge in [0.05, 0.1) is 29.4 Å². The number of benzene rings is 1. The fraction of sp³-hybridized carbons (Fsp3) is 0.278. The molecule has 5 heteroatoms. The Morgan fingerprint density at radius 2 is 2.17 bits per heavy atom. The van der Waals surface area contributed by atoms with Gasteiger partial charge >= 0.3 is 0 Å². The summed E-state index contributed by atoms with van der Waals surface area (Å²) < 4.78 is 0. The molecule has 1 aromatic carbocycles. The molecule has 0 fully saturated rings. The van der Waals surface area contributed by atoms with Crippen LogP contribution in [-0.2, 0) is 16.8 Å². The van der Waals surface area contributed by atoms with E-state index in [1.165, 1.54) is 0 Å². The number of amides is 1. The molecule has 3 rings (SSSR count). The third-order valence-corrected chi connectivity index (χ3v) is 4.14. The first-order valence-electron chi connectivity index (χ1n) is 7.47. The number of fused-ring (bicyclic) bond motifs is 2. The zero-order chi connectivity index (χ0) is 16.6. The van der Waals surface area contributed by atoms with Gasteiger partial charge in [-0.3, -0.25) is 4.79 Å². The van der Waals surface area contributed by atoms with Gasteiger partial charge in [-0.05, 0) is 37.6 Å². The maximum absolute atomic E-state index is 12.2. The number of aromatic nitrogens is 1. The van der Waals surface area contributed by atoms with Crippen LogP contribution in [0.25, 0.3) is 0 Å². The number of carbonyl (C=O) groups excluding carboxylic acids is 1. The van der Waals surface area contributed by atoms with Gasteiger partial charge in [0.15, 0.2) is 0 Å². The summed E-state index contributed by atoms with van der Waals surface area (Å²) >= 11 is 0. The van der Waals surface area contributed by atoms with Crippen LogP contribution in [0.3, 0.4) is 0 Å². The Labute approximate surface area is 135 Å². The molecule has 1 N–H and O–H groups in total. The van der Waals surface area contributed by atoms with Crippen molar-refractivity contribution in [3.8, 4) is 6.07 Å². The quantitative estimate of drug-likeness (QED) is 0.875. The van der Waals surface area contributed by atoms with Gasteiger partial charge in [0.25, 0.3) is 0 Å². The Morgan fingerprint density at radius 1 is 1.39 bits per heavy atom. The SMILES string of the molecule is CC(=O)N1Cc2cccnc2Nc2ccc(C(C)(C)C#N)cc21. The van der Waals surface area contributed by atoms with E-state index in [0.717, 1.165) is 28.3 Å². The van der Waals surface area contributed by atoms with Crippen molar-refractivity contribution in [1.29, 1.82) is 5.26 Å². The molecule has 0 atom stereocenters. The number of carbonyl (C=O) groups is 1. The van der Waals surface area contributed by atoms with E-state index in [2.05, 4.69) is 16.4 Å². The van der Waals surface area contributed by atoms with E-state index in [9.17, 15) is 10.1 Å². The van der Waals surface area contributed by atoms with E-state index >= 15 is 0 Å². The molecule has 0 aliphatic carbocycles. The van der Waals surface area contributed by atoms with Crippen LogP contribution >= 0.6 is 0 Å². The van der Waals surface area contributed by atoms with Crippen LogP contribution in [0.15, 0.2) is 36.5 Å². The number of rotatable bonds is 1. The van der Waals surface area contributed by atoms with Gasteiger partial charge in [0, 0.05) is 18.7 Å². The van der Waals surface area contributed by atoms with E-state index < -0.39 is 5.41 Å². The van der Waals surface area contributed by atoms with E-state index in [-0.39, 0.29) is 5.91 Å². The monoisotopic (exact) mass is 306 g/mol. The second kappa shape index (κ2) is 5.40. The lowest BCUT2D eigenvalue weighted by atomic mass is 9.86. The summed E-state index contributed by atoms with van der Waals surface area (Å²) in [5.74, 6) is 0.710. The lowest BCUT2D eigenvalue weighted by Crippen LogP contribution is -2.28. The summed E-state index contributed by atoms with van der Waals surface area (Å²) in [5, 5.41) is 12.7. The Balaban J connectivity index is 2.17. The molecule has 5 nitrogen and oxygen atoms in total. The third kappa shape index (κ3) is 2.64. The average Bonchev–Trinajstić information content (AvgIpc) is 2.70. The molecule has 0 spiro atoms. The first-order chi connectivity index (χ1) is 10.9. The lowest BCUT2D eigenvalue weighted by molar-refractivity contribution is -0.116. The Morgan fingerprint density at radius 3 is 2.87 bits per heavy atom. The Bertz CT molecular complexity index is 820. The van der Waals surface area contributed by atoms with Crippen molar-refractivity contribution >= 4 is 23.1 Å². The smallest absolute Gasteiger partial charge is 0.224 e. The Kier molecular flexibility index (Phi) is 3.53. The molecule has 0 radical (unpaired) electrons. The average molecular weight is 306 g/mol. The number of pyridine rings is 1. The maximum Gasteiger partial charge on any atom is 0.224 e. The van der Waals surface area contributed by atoms with Crippen LogP contribution < -0.4 is 10.2 Å². The van der Waals surface area contributed by atoms with Crippen molar-refractivity contribution < 1.29 is 4.79 Å². The molecule has 116 valence electrons. The Hall–Kier alpha value is -2.87. The largest absolute Gasteiger partial charge is 0.338 e. The highest BCUT2D eigenvalue weighted by Crippen LogP contribution is 2.37. The van der Waals surface area contributed by atoms with Crippen LogP contribution in [0.5, 0.6) is 0 Å². The van der Waals surface area contributed by atoms with Crippen LogP contribution in [-0.4, -0.2) is 10.9 Å². The van der Waals surface area contributed by atoms with Gasteiger partial charge in [-0.1, -0.05) is 12.1 Å². The van der Waals surface area contributed by atoms with Crippen molar-refractivity contribution in [3.05, 3.63) is 47.7 Å². The normalized spacial score (nSPS) is 13.2. The van der Waals surface area contributed by atoms with Gasteiger partial charge in [-0.2, -0.15) is 5.26 Å². The molecule has 2 aromatic rings. The first-order valence-corrected chi connectivity index (χ1v) is 7.47. The van der Waals surface area contributed by atoms with E-state index in [0.29, 0.717) is 6.54 Å². The molecule has 1 aliphatic rings. The predicted octanol–water partition coefficient (Wildman–Crippen LogP) is 3.49. The lowest BCUT2D eigenvalue weighted by Gasteiger charge is -2.24. The highest BCUT2D eigenvalue weighted by molar-refractivity contribution is 5.97. The topological polar surface area (TPSA) is 69.0 Å². The summed E-state index contributed by atoms with van der Waals surface area (Å²) in [4.78, 5) is 18.2. The highest BCUT2D eigenvalue weighted by Gasteiger charge is 2.26. The zero-order valence-electron chi connectivity index (χ0n) is 13.4. The fourth-order valence-electron chi connectivity index (χ4n) is 2.66. The first kappa shape index (κ1) is 15.0. The molecular formula is C18H18N4O. The number of nitriles is 1. The van der Waals surface area contributed by atoms with Crippen molar-refractivity contribution in [2.24, 2.45) is 0 Å². The standard InChI is InChI=1S/C18H18N4O/c1-12(23)22-10-13-5-4-8-20-17(13)21-15-7-6-14(9-16(15)22)18(2,3)11-19/h4-9H,10H2,1-3H3,(H,20,21). The number of nitrogens with one attached hydrogen (secondary N) is 1. The molecule has 0 bridgehead atoms. The molecule has 0 unspecified atom stereocenters. The van der Waals surface area contributed by atoms with Gasteiger partial charge in [-0.15, -0.1) is 0 Å². The second-order valence-electron chi connectivity index (χ2n) is 6.21. The van der Waals surface area contributed by atoms with E-state index in [4.69, 9.17) is 0 Å². The summed E-state index contributed by atoms with van der Waals surface area (Å²) in [6.07, 6.45) is 1.72. The zero-order valence-corrected chi connectivity index (χ0v) is 13.4. The fourth-order valence-corrected chi connectivity index (χ4v) is 2.66. The van der Waals surface area contributed by atoms with Crippen LogP contribution in [0.2, 0.25) is 0 Å². The van der Waals surface area contributed by atoms with Gasteiger partial charge < -0.3 is 10.2 Å². The van der Waals surface area contributed by atoms with Gasteiger partial charge in [-0.25, -0.2) is 4.98 Å². The van der Waals surface area contributed by atoms with Crippen LogP contribution in [0.1, 0.15) is 31.9 Å². The van der Waals surface area contributed by atoms with Crippen molar-refractivity contribution in [3.63, 3.8) is 0 Å². The van der Waals surface area contributed by atoms with Gasteiger partial charge in [0.2, 0.25) is 5.91 Å². The number of anilines is 3. The third-order valence-electron chi connectivity index (χ3n) is 4.14. The second-order valence-corrected chi connectivity index (χ2v) is 6.21. The molecular weight excluding hydrogens is 288 g/mol. The molecule has 1 amide bonds. The molecule has 23 heavy (non-hydrogen) atoms. The van der Waals surface area contributed by atoms with Crippen molar-refractivity contribution in [1.82, 2.24) is 4.98 Å². The number of hydrogen-bond donors (Lipinski definition) is 1. The minimum Gasteiger partial charge on any atom is -0.338 e.